The Balaban J connectivity index is 2.48. The Bertz CT molecular complexity index is 391. The zero-order chi connectivity index (χ0) is 12.1. The molecule has 0 fully saturated rings. The highest BCUT2D eigenvalue weighted by Gasteiger charge is 2.12. The van der Waals surface area contributed by atoms with Crippen LogP contribution in [-0.2, 0) is 11.3 Å². The van der Waals surface area contributed by atoms with E-state index in [-0.39, 0.29) is 17.0 Å². The molecule has 1 aromatic rings. The van der Waals surface area contributed by atoms with Gasteiger partial charge in [-0.3, -0.25) is 4.79 Å². The quantitative estimate of drug-likeness (QED) is 0.680. The van der Waals surface area contributed by atoms with Gasteiger partial charge in [0.2, 0.25) is 10.9 Å². The summed E-state index contributed by atoms with van der Waals surface area (Å²) < 4.78 is 0. The van der Waals surface area contributed by atoms with Crippen LogP contribution in [0.5, 0.6) is 0 Å². The van der Waals surface area contributed by atoms with Crippen molar-refractivity contribution in [2.45, 2.75) is 19.5 Å². The van der Waals surface area contributed by atoms with Crippen molar-refractivity contribution in [3.8, 4) is 0 Å². The first kappa shape index (κ1) is 12.6. The second-order valence-electron chi connectivity index (χ2n) is 3.17. The molecule has 0 aliphatic heterocycles. The van der Waals surface area contributed by atoms with Gasteiger partial charge in [-0.2, -0.15) is 0 Å². The number of carboxylic acid groups (broad SMARTS) is 1. The molecular formula is C9H13N3O3S. The molecule has 1 unspecified atom stereocenters. The van der Waals surface area contributed by atoms with E-state index < -0.39 is 5.97 Å². The summed E-state index contributed by atoms with van der Waals surface area (Å²) >= 11 is 1.07. The number of nitrogens with zero attached hydrogens (tertiary/aromatic N) is 1. The number of aromatic nitrogens is 1. The van der Waals surface area contributed by atoms with E-state index in [9.17, 15) is 9.59 Å². The largest absolute Gasteiger partial charge is 0.476 e. The lowest BCUT2D eigenvalue weighted by molar-refractivity contribution is -0.122. The predicted octanol–water partition coefficient (Wildman–Crippen LogP) is 0.0654. The van der Waals surface area contributed by atoms with Gasteiger partial charge in [0.25, 0.3) is 0 Å². The lowest BCUT2D eigenvalue weighted by Crippen LogP contribution is -2.40. The van der Waals surface area contributed by atoms with E-state index >= 15 is 0 Å². The number of rotatable bonds is 5. The molecule has 0 spiro atoms. The number of thiazole rings is 1. The maximum atomic E-state index is 11.2. The third-order valence-corrected chi connectivity index (χ3v) is 2.84. The number of likely N-dealkylation sites (N-methyl/N-ethyl adjacent to an activating group) is 1. The molecule has 88 valence electrons. The Hall–Kier alpha value is -1.47. The summed E-state index contributed by atoms with van der Waals surface area (Å²) in [5.41, 5.74) is 0.623. The van der Waals surface area contributed by atoms with Crippen LogP contribution in [0.25, 0.3) is 0 Å². The molecule has 1 amide bonds. The van der Waals surface area contributed by atoms with Crippen molar-refractivity contribution >= 4 is 23.2 Å². The Kier molecular flexibility index (Phi) is 4.39. The van der Waals surface area contributed by atoms with Gasteiger partial charge in [-0.15, -0.1) is 11.3 Å². The number of carbonyl (C=O) groups excluding carboxylic acids is 1. The number of aromatic carboxylic acids is 1. The van der Waals surface area contributed by atoms with E-state index in [1.54, 1.807) is 19.4 Å². The fourth-order valence-electron chi connectivity index (χ4n) is 1.05. The number of carbonyl (C=O) groups is 2. The Morgan fingerprint density at radius 2 is 2.31 bits per heavy atom. The molecule has 0 radical (unpaired) electrons. The molecule has 1 atom stereocenters. The van der Waals surface area contributed by atoms with Crippen LogP contribution in [0.3, 0.4) is 0 Å². The van der Waals surface area contributed by atoms with E-state index in [0.29, 0.717) is 12.2 Å². The summed E-state index contributed by atoms with van der Waals surface area (Å²) in [4.78, 5) is 25.6. The summed E-state index contributed by atoms with van der Waals surface area (Å²) in [6.07, 6.45) is 0. The maximum absolute atomic E-state index is 11.2. The lowest BCUT2D eigenvalue weighted by atomic mass is 10.3. The molecule has 0 bridgehead atoms. The molecule has 6 nitrogen and oxygen atoms in total. The van der Waals surface area contributed by atoms with Crippen molar-refractivity contribution in [3.63, 3.8) is 0 Å². The van der Waals surface area contributed by atoms with Crippen molar-refractivity contribution in [2.75, 3.05) is 7.05 Å². The lowest BCUT2D eigenvalue weighted by Gasteiger charge is -2.10. The monoisotopic (exact) mass is 243 g/mol. The molecule has 1 aromatic heterocycles. The Morgan fingerprint density at radius 3 is 2.81 bits per heavy atom. The van der Waals surface area contributed by atoms with Gasteiger partial charge < -0.3 is 15.7 Å². The van der Waals surface area contributed by atoms with Crippen molar-refractivity contribution in [1.29, 1.82) is 0 Å². The first-order valence-electron chi connectivity index (χ1n) is 4.67. The molecule has 16 heavy (non-hydrogen) atoms. The van der Waals surface area contributed by atoms with E-state index in [1.807, 2.05) is 0 Å². The second kappa shape index (κ2) is 5.57. The van der Waals surface area contributed by atoms with Crippen molar-refractivity contribution < 1.29 is 14.7 Å². The van der Waals surface area contributed by atoms with Gasteiger partial charge in [0.15, 0.2) is 0 Å². The predicted molar refractivity (Wildman–Crippen MR) is 59.4 cm³/mol. The molecule has 0 aromatic carbocycles. The topological polar surface area (TPSA) is 91.3 Å². The molecular weight excluding hydrogens is 230 g/mol. The minimum atomic E-state index is -1.03. The summed E-state index contributed by atoms with van der Waals surface area (Å²) in [6, 6.07) is -0.333. The highest BCUT2D eigenvalue weighted by atomic mass is 32.1. The first-order valence-corrected chi connectivity index (χ1v) is 5.55. The molecule has 0 saturated carbocycles. The minimum absolute atomic E-state index is 0.0596. The normalized spacial score (nSPS) is 12.1. The van der Waals surface area contributed by atoms with Crippen LogP contribution in [0.2, 0.25) is 0 Å². The SMILES string of the molecule is CNC(=O)C(C)NCc1csc(C(=O)O)n1. The molecule has 3 N–H and O–H groups in total. The number of carboxylic acids is 1. The standard InChI is InChI=1S/C9H13N3O3S/c1-5(7(13)10-2)11-3-6-4-16-8(12-6)9(14)15/h4-5,11H,3H2,1-2H3,(H,10,13)(H,14,15). The van der Waals surface area contributed by atoms with Crippen molar-refractivity contribution in [2.24, 2.45) is 0 Å². The van der Waals surface area contributed by atoms with Crippen LogP contribution in [0, 0.1) is 0 Å². The summed E-state index contributed by atoms with van der Waals surface area (Å²) in [5.74, 6) is -1.15. The maximum Gasteiger partial charge on any atom is 0.365 e. The van der Waals surface area contributed by atoms with Gasteiger partial charge in [-0.05, 0) is 6.92 Å². The van der Waals surface area contributed by atoms with Crippen molar-refractivity contribution in [3.05, 3.63) is 16.1 Å². The van der Waals surface area contributed by atoms with Gasteiger partial charge in [0.05, 0.1) is 11.7 Å². The Labute approximate surface area is 96.7 Å². The van der Waals surface area contributed by atoms with Gasteiger partial charge in [0, 0.05) is 19.0 Å². The molecule has 7 heteroatoms. The number of hydrogen-bond donors (Lipinski definition) is 3. The number of nitrogens with one attached hydrogen (secondary N) is 2. The fraction of sp³-hybridized carbons (Fsp3) is 0.444. The first-order chi connectivity index (χ1) is 7.54. The van der Waals surface area contributed by atoms with Crippen molar-refractivity contribution in [1.82, 2.24) is 15.6 Å². The Morgan fingerprint density at radius 1 is 1.62 bits per heavy atom. The summed E-state index contributed by atoms with van der Waals surface area (Å²) in [7, 11) is 1.56. The van der Waals surface area contributed by atoms with E-state index in [0.717, 1.165) is 11.3 Å². The van der Waals surface area contributed by atoms with E-state index in [1.165, 1.54) is 0 Å². The van der Waals surface area contributed by atoms with Crippen LogP contribution in [0.15, 0.2) is 5.38 Å². The van der Waals surface area contributed by atoms with E-state index in [4.69, 9.17) is 5.11 Å². The third-order valence-electron chi connectivity index (χ3n) is 1.96. The second-order valence-corrected chi connectivity index (χ2v) is 4.02. The highest BCUT2D eigenvalue weighted by molar-refractivity contribution is 7.11. The molecule has 0 aliphatic rings. The third kappa shape index (κ3) is 3.28. The average molecular weight is 243 g/mol. The molecule has 0 saturated heterocycles. The zero-order valence-corrected chi connectivity index (χ0v) is 9.80. The molecule has 0 aliphatic carbocycles. The average Bonchev–Trinajstić information content (AvgIpc) is 2.73. The summed E-state index contributed by atoms with van der Waals surface area (Å²) in [5, 5.41) is 15.8. The summed E-state index contributed by atoms with van der Waals surface area (Å²) in [6.45, 7) is 2.10. The highest BCUT2D eigenvalue weighted by Crippen LogP contribution is 2.09. The smallest absolute Gasteiger partial charge is 0.365 e. The van der Waals surface area contributed by atoms with Gasteiger partial charge in [-0.1, -0.05) is 0 Å². The number of hydrogen-bond acceptors (Lipinski definition) is 5. The fourth-order valence-corrected chi connectivity index (χ4v) is 1.71. The van der Waals surface area contributed by atoms with Gasteiger partial charge >= 0.3 is 5.97 Å². The molecule has 1 rings (SSSR count). The van der Waals surface area contributed by atoms with Crippen LogP contribution in [-0.4, -0.2) is 35.1 Å². The van der Waals surface area contributed by atoms with Gasteiger partial charge in [0.1, 0.15) is 0 Å². The minimum Gasteiger partial charge on any atom is -0.476 e. The van der Waals surface area contributed by atoms with Crippen LogP contribution in [0.4, 0.5) is 0 Å². The van der Waals surface area contributed by atoms with E-state index in [2.05, 4.69) is 15.6 Å². The number of amides is 1. The van der Waals surface area contributed by atoms with Crippen LogP contribution >= 0.6 is 11.3 Å². The van der Waals surface area contributed by atoms with Gasteiger partial charge in [-0.25, -0.2) is 9.78 Å². The van der Waals surface area contributed by atoms with Crippen LogP contribution in [0.1, 0.15) is 22.4 Å². The van der Waals surface area contributed by atoms with Crippen LogP contribution < -0.4 is 10.6 Å². The zero-order valence-electron chi connectivity index (χ0n) is 8.98. The molecule has 1 heterocycles.